The van der Waals surface area contributed by atoms with Crippen molar-refractivity contribution in [1.29, 1.82) is 0 Å². The number of nitrogens with two attached hydrogens (primary N) is 1. The van der Waals surface area contributed by atoms with Crippen molar-refractivity contribution in [3.8, 4) is 0 Å². The average Bonchev–Trinajstić information content (AvgIpc) is 1.53. The highest BCUT2D eigenvalue weighted by Gasteiger charge is 2.60. The molecule has 2 fully saturated rings. The van der Waals surface area contributed by atoms with Crippen LogP contribution in [0.15, 0.2) is 206 Å². The first-order chi connectivity index (χ1) is 54.7. The number of halogens is 3. The number of fused-ring (bicyclic) bond motifs is 16. The topological polar surface area (TPSA) is 62.0 Å². The largest absolute Gasteiger partial charge is 0.456 e. The van der Waals surface area contributed by atoms with Crippen LogP contribution in [-0.4, -0.2) is 11.1 Å². The lowest BCUT2D eigenvalue weighted by atomic mass is 9.61. The zero-order chi connectivity index (χ0) is 82.1. The molecule has 10 aromatic carbocycles. The maximum atomic E-state index is 7.36. The zero-order valence-corrected chi connectivity index (χ0v) is 76.4. The quantitative estimate of drug-likeness (QED) is 0.173. The van der Waals surface area contributed by atoms with Crippen LogP contribution in [-0.2, 0) is 43.3 Å². The van der Waals surface area contributed by atoms with Gasteiger partial charge in [0.2, 0.25) is 0 Å². The van der Waals surface area contributed by atoms with Gasteiger partial charge in [0.1, 0.15) is 22.3 Å². The summed E-state index contributed by atoms with van der Waals surface area (Å²) in [6.07, 6.45) is 14.8. The fourth-order valence-electron chi connectivity index (χ4n) is 21.2. The monoisotopic (exact) mass is 1680 g/mol. The Morgan fingerprint density at radius 3 is 1.34 bits per heavy atom. The van der Waals surface area contributed by atoms with E-state index >= 15 is 0 Å². The van der Waals surface area contributed by atoms with Gasteiger partial charge in [0.15, 0.2) is 0 Å². The summed E-state index contributed by atoms with van der Waals surface area (Å²) in [6.45, 7) is 45.3. The highest BCUT2D eigenvalue weighted by Crippen LogP contribution is 2.64. The lowest BCUT2D eigenvalue weighted by Crippen LogP contribution is -2.54. The molecule has 6 nitrogen and oxygen atoms in total. The van der Waals surface area contributed by atoms with Crippen molar-refractivity contribution in [2.75, 3.05) is 20.4 Å². The lowest BCUT2D eigenvalue weighted by Gasteiger charge is -2.50. The molecule has 6 heterocycles. The van der Waals surface area contributed by atoms with E-state index in [-0.39, 0.29) is 43.6 Å². The summed E-state index contributed by atoms with van der Waals surface area (Å²) in [4.78, 5) is 7.73. The number of nitrogen functional groups attached to an aromatic ring is 1. The van der Waals surface area contributed by atoms with Crippen LogP contribution in [0.2, 0.25) is 10.0 Å². The van der Waals surface area contributed by atoms with Crippen molar-refractivity contribution in [1.82, 2.24) is 0 Å². The molecule has 0 bridgehead atoms. The summed E-state index contributed by atoms with van der Waals surface area (Å²) >= 11 is 21.2. The molecule has 4 aromatic heterocycles. The maximum absolute atomic E-state index is 7.36. The molecule has 2 aliphatic heterocycles. The van der Waals surface area contributed by atoms with E-state index in [1.165, 1.54) is 157 Å². The molecule has 14 aromatic rings. The number of thiophene rings is 2. The minimum absolute atomic E-state index is 0.0145. The van der Waals surface area contributed by atoms with Crippen LogP contribution in [0.25, 0.3) is 64.0 Å². The summed E-state index contributed by atoms with van der Waals surface area (Å²) in [5.41, 5.74) is 32.9. The second-order valence-electron chi connectivity index (χ2n) is 40.4. The van der Waals surface area contributed by atoms with E-state index in [1.54, 1.807) is 11.1 Å². The van der Waals surface area contributed by atoms with Crippen LogP contribution < -0.4 is 20.4 Å². The molecule has 0 amide bonds. The highest BCUT2D eigenvalue weighted by molar-refractivity contribution is 9.10. The smallest absolute Gasteiger partial charge is 0.135 e. The van der Waals surface area contributed by atoms with E-state index in [2.05, 4.69) is 300 Å². The summed E-state index contributed by atoms with van der Waals surface area (Å²) in [7, 11) is 0. The maximum Gasteiger partial charge on any atom is 0.135 e. The Labute approximate surface area is 715 Å². The van der Waals surface area contributed by atoms with Crippen LogP contribution in [0, 0.1) is 6.92 Å². The molecular formula is C105H115BrCl2N4O2S2. The van der Waals surface area contributed by atoms with Crippen LogP contribution in [0.1, 0.15) is 252 Å². The molecule has 0 spiro atoms. The van der Waals surface area contributed by atoms with Gasteiger partial charge in [0.05, 0.1) is 16.8 Å². The first-order valence-electron chi connectivity index (χ1n) is 42.4. The Hall–Kier alpha value is -8.02. The summed E-state index contributed by atoms with van der Waals surface area (Å²) < 4.78 is 16.0. The average molecular weight is 1680 g/mol. The van der Waals surface area contributed by atoms with Gasteiger partial charge in [0.25, 0.3) is 0 Å². The van der Waals surface area contributed by atoms with E-state index in [4.69, 9.17) is 37.8 Å². The number of anilines is 8. The van der Waals surface area contributed by atoms with E-state index < -0.39 is 0 Å². The predicted molar refractivity (Wildman–Crippen MR) is 506 cm³/mol. The van der Waals surface area contributed by atoms with E-state index in [9.17, 15) is 0 Å². The molecule has 11 heteroatoms. The Morgan fingerprint density at radius 2 is 0.828 bits per heavy atom. The van der Waals surface area contributed by atoms with E-state index in [1.807, 2.05) is 77.3 Å². The van der Waals surface area contributed by atoms with Crippen molar-refractivity contribution >= 4 is 171 Å². The van der Waals surface area contributed by atoms with Crippen molar-refractivity contribution < 1.29 is 8.83 Å². The van der Waals surface area contributed by atoms with Gasteiger partial charge in [0, 0.05) is 118 Å². The molecule has 2 saturated carbocycles. The summed E-state index contributed by atoms with van der Waals surface area (Å²) in [6, 6.07) is 66.4. The molecule has 2 N–H and O–H groups in total. The van der Waals surface area contributed by atoms with Gasteiger partial charge in [-0.3, -0.25) is 0 Å². The standard InChI is InChI=1S/C52H55ClN2OS.C25H32ClN.C16H19BrS.C12H9NO/c1-48(2,3)32-16-18-43-42(24-32)51(8)20-12-13-21-52(51,9)55(43)36-26-33(53)25-35(27-36)54(34-17-19-46-38(28-34)37-14-10-11-15-45(37)56-46)44-31-57-47-30-41-40(29-39(44)47)49(4,5)22-23-50(41,6)7;1-17-13-19(26)16-20(14-17)27-22-10-9-18(23(2,3)4)15-21(22)24(5)11-7-8-12-25(24,27)6;1-15(2)5-6-16(3,4)12-8-14-10(7-11(12)15)13(17)9-18-14;13-8-5-6-12-10(7-8)9-3-1-2-4-11(9)14-12/h10-11,14-19,24-31H,12-13,20-23H2,1-9H3;9-10,13-16H,7-8,11-12H2,1-6H3;7-9H,5-6H2,1-4H3;1-7H,13H2. The number of hydrogen-bond donors (Lipinski definition) is 1. The molecule has 0 radical (unpaired) electrons. The Kier molecular flexibility index (Phi) is 19.8. The number of rotatable bonds is 5. The molecule has 0 saturated heterocycles. The first-order valence-corrected chi connectivity index (χ1v) is 45.7. The third-order valence-corrected chi connectivity index (χ3v) is 32.2. The van der Waals surface area contributed by atoms with Gasteiger partial charge < -0.3 is 29.3 Å². The third kappa shape index (κ3) is 13.5. The van der Waals surface area contributed by atoms with Crippen LogP contribution in [0.3, 0.4) is 0 Å². The molecule has 4 unspecified atom stereocenters. The summed E-state index contributed by atoms with van der Waals surface area (Å²) in [5.74, 6) is 0. The minimum atomic E-state index is -0.0992. The van der Waals surface area contributed by atoms with Gasteiger partial charge in [-0.25, -0.2) is 0 Å². The second kappa shape index (κ2) is 28.6. The van der Waals surface area contributed by atoms with Gasteiger partial charge in [-0.15, -0.1) is 22.7 Å². The fourth-order valence-corrected chi connectivity index (χ4v) is 24.2. The number of nitrogens with zero attached hydrogens (tertiary/aromatic N) is 3. The van der Waals surface area contributed by atoms with Crippen LogP contribution >= 0.6 is 61.8 Å². The van der Waals surface area contributed by atoms with Crippen molar-refractivity contribution in [3.05, 3.63) is 257 Å². The van der Waals surface area contributed by atoms with Crippen LogP contribution in [0.4, 0.5) is 45.5 Å². The normalized spacial score (nSPS) is 22.1. The highest BCUT2D eigenvalue weighted by atomic mass is 79.9. The SMILES string of the molecule is CC(C)(C)c1ccc2c(c1)C1(C)CCCCC1(C)N2c1cc(Cl)cc(N(c2ccc3oc4ccccc4c3c2)c2csc3cc4c(cc23)C(C)(C)CCC4(C)C)c1.CC1(C)CCC(C)(C)c2cc3c(Br)csc3cc21.Cc1cc(Cl)cc(N2c3ccc(C(C)(C)C)cc3C3(C)CCCCC23C)c1.Nc1ccc2oc3ccccc3c2c1. The van der Waals surface area contributed by atoms with Gasteiger partial charge >= 0.3 is 0 Å². The number of aryl methyl sites for hydroxylation is 1. The van der Waals surface area contributed by atoms with Gasteiger partial charge in [-0.2, -0.15) is 0 Å². The molecule has 20 rings (SSSR count). The molecular weight excluding hydrogens is 1560 g/mol. The second-order valence-corrected chi connectivity index (χ2v) is 44.0. The molecule has 4 aliphatic carbocycles. The number of hydrogen-bond acceptors (Lipinski definition) is 8. The fraction of sp³-hybridized carbons (Fsp3) is 0.390. The van der Waals surface area contributed by atoms with Crippen molar-refractivity contribution in [2.24, 2.45) is 0 Å². The van der Waals surface area contributed by atoms with Crippen LogP contribution in [0.5, 0.6) is 0 Å². The third-order valence-electron chi connectivity index (χ3n) is 28.9. The Balaban J connectivity index is 0.000000133. The van der Waals surface area contributed by atoms with Gasteiger partial charge in [-0.1, -0.05) is 220 Å². The number of para-hydroxylation sites is 2. The van der Waals surface area contributed by atoms with Gasteiger partial charge in [-0.05, 0) is 292 Å². The Bertz CT molecular complexity index is 6210. The van der Waals surface area contributed by atoms with E-state index in [0.717, 1.165) is 83.1 Å². The Morgan fingerprint density at radius 1 is 0.397 bits per heavy atom. The van der Waals surface area contributed by atoms with Crippen molar-refractivity contribution in [2.45, 2.75) is 263 Å². The zero-order valence-electron chi connectivity index (χ0n) is 71.6. The van der Waals surface area contributed by atoms with Crippen molar-refractivity contribution in [3.63, 3.8) is 0 Å². The number of furan rings is 2. The first kappa shape index (κ1) is 80.4. The number of benzene rings is 10. The minimum Gasteiger partial charge on any atom is -0.456 e. The lowest BCUT2D eigenvalue weighted by molar-refractivity contribution is 0.194. The molecule has 6 aliphatic rings. The van der Waals surface area contributed by atoms with E-state index in [0.29, 0.717) is 10.8 Å². The predicted octanol–water partition coefficient (Wildman–Crippen LogP) is 33.2. The molecule has 4 atom stereocenters. The molecule has 600 valence electrons. The molecule has 116 heavy (non-hydrogen) atoms. The summed E-state index contributed by atoms with van der Waals surface area (Å²) in [5, 5.41) is 13.2.